The second kappa shape index (κ2) is 6.02. The minimum absolute atomic E-state index is 0.627. The lowest BCUT2D eigenvalue weighted by Gasteiger charge is -2.41. The molecule has 0 unspecified atom stereocenters. The molecule has 0 amide bonds. The standard InChI is InChI=1S/C14H25N3S/c1-3-14(4-2)6-9-17(10-7-14)8-5-12-11-18-13(15)16-12/h11H,3-10H2,1-2H3,(H2,15,16). The number of anilines is 1. The van der Waals surface area contributed by atoms with Crippen molar-refractivity contribution >= 4 is 16.5 Å². The molecule has 0 aliphatic carbocycles. The molecule has 0 bridgehead atoms. The molecule has 4 heteroatoms. The van der Waals surface area contributed by atoms with Crippen molar-refractivity contribution in [1.29, 1.82) is 0 Å². The summed E-state index contributed by atoms with van der Waals surface area (Å²) in [6.45, 7) is 8.32. The van der Waals surface area contributed by atoms with Crippen molar-refractivity contribution in [1.82, 2.24) is 9.88 Å². The number of hydrogen-bond donors (Lipinski definition) is 1. The van der Waals surface area contributed by atoms with Crippen molar-refractivity contribution in [2.75, 3.05) is 25.4 Å². The number of likely N-dealkylation sites (tertiary alicyclic amines) is 1. The van der Waals surface area contributed by atoms with Gasteiger partial charge >= 0.3 is 0 Å². The van der Waals surface area contributed by atoms with Crippen LogP contribution < -0.4 is 5.73 Å². The van der Waals surface area contributed by atoms with Crippen LogP contribution in [0.3, 0.4) is 0 Å². The van der Waals surface area contributed by atoms with Crippen LogP contribution in [-0.2, 0) is 6.42 Å². The van der Waals surface area contributed by atoms with Crippen LogP contribution in [0.1, 0.15) is 45.2 Å². The van der Waals surface area contributed by atoms with Gasteiger partial charge in [-0.1, -0.05) is 26.7 Å². The Morgan fingerprint density at radius 2 is 2.00 bits per heavy atom. The van der Waals surface area contributed by atoms with Gasteiger partial charge < -0.3 is 10.6 Å². The summed E-state index contributed by atoms with van der Waals surface area (Å²) in [5.41, 5.74) is 7.43. The fraction of sp³-hybridized carbons (Fsp3) is 0.786. The summed E-state index contributed by atoms with van der Waals surface area (Å²) in [7, 11) is 0. The number of nitrogen functional groups attached to an aromatic ring is 1. The zero-order chi connectivity index (χ0) is 13.0. The monoisotopic (exact) mass is 267 g/mol. The average Bonchev–Trinajstić information content (AvgIpc) is 2.83. The van der Waals surface area contributed by atoms with Crippen molar-refractivity contribution in [3.63, 3.8) is 0 Å². The van der Waals surface area contributed by atoms with E-state index in [2.05, 4.69) is 29.1 Å². The summed E-state index contributed by atoms with van der Waals surface area (Å²) in [4.78, 5) is 6.91. The van der Waals surface area contributed by atoms with Crippen LogP contribution in [-0.4, -0.2) is 29.5 Å². The maximum absolute atomic E-state index is 5.65. The molecule has 1 fully saturated rings. The number of hydrogen-bond acceptors (Lipinski definition) is 4. The third-order valence-corrected chi connectivity index (χ3v) is 5.39. The topological polar surface area (TPSA) is 42.1 Å². The van der Waals surface area contributed by atoms with Gasteiger partial charge in [0.1, 0.15) is 0 Å². The van der Waals surface area contributed by atoms with Crippen molar-refractivity contribution in [2.24, 2.45) is 5.41 Å². The molecule has 0 aromatic carbocycles. The molecule has 0 atom stereocenters. The highest BCUT2D eigenvalue weighted by molar-refractivity contribution is 7.13. The molecule has 1 aliphatic rings. The summed E-state index contributed by atoms with van der Waals surface area (Å²) < 4.78 is 0. The first-order valence-corrected chi connectivity index (χ1v) is 7.97. The Balaban J connectivity index is 1.77. The van der Waals surface area contributed by atoms with Crippen molar-refractivity contribution in [2.45, 2.75) is 46.0 Å². The van der Waals surface area contributed by atoms with Gasteiger partial charge in [0.2, 0.25) is 0 Å². The Morgan fingerprint density at radius 1 is 1.33 bits per heavy atom. The smallest absolute Gasteiger partial charge is 0.180 e. The summed E-state index contributed by atoms with van der Waals surface area (Å²) in [5.74, 6) is 0. The number of thiazole rings is 1. The van der Waals surface area contributed by atoms with Crippen molar-refractivity contribution in [3.8, 4) is 0 Å². The van der Waals surface area contributed by atoms with Gasteiger partial charge in [0.25, 0.3) is 0 Å². The zero-order valence-corrected chi connectivity index (χ0v) is 12.4. The fourth-order valence-electron chi connectivity index (χ4n) is 2.92. The Hall–Kier alpha value is -0.610. The molecule has 0 spiro atoms. The lowest BCUT2D eigenvalue weighted by molar-refractivity contribution is 0.0962. The van der Waals surface area contributed by atoms with E-state index >= 15 is 0 Å². The normalized spacial score (nSPS) is 20.1. The molecule has 1 aromatic heterocycles. The molecule has 0 saturated carbocycles. The van der Waals surface area contributed by atoms with E-state index in [1.165, 1.54) is 38.8 Å². The highest BCUT2D eigenvalue weighted by Gasteiger charge is 2.30. The molecule has 1 aliphatic heterocycles. The predicted octanol–water partition coefficient (Wildman–Crippen LogP) is 3.17. The van der Waals surface area contributed by atoms with Crippen LogP contribution in [0, 0.1) is 5.41 Å². The van der Waals surface area contributed by atoms with Gasteiger partial charge in [-0.2, -0.15) is 0 Å². The van der Waals surface area contributed by atoms with Crippen LogP contribution in [0.4, 0.5) is 5.13 Å². The first kappa shape index (κ1) is 13.8. The van der Waals surface area contributed by atoms with Gasteiger partial charge in [0, 0.05) is 18.3 Å². The highest BCUT2D eigenvalue weighted by atomic mass is 32.1. The molecular formula is C14H25N3S. The lowest BCUT2D eigenvalue weighted by Crippen LogP contribution is -2.40. The molecule has 0 radical (unpaired) electrons. The first-order chi connectivity index (χ1) is 8.67. The van der Waals surface area contributed by atoms with E-state index in [1.807, 2.05) is 0 Å². The van der Waals surface area contributed by atoms with E-state index in [0.29, 0.717) is 10.5 Å². The summed E-state index contributed by atoms with van der Waals surface area (Å²) in [5, 5.41) is 2.78. The van der Waals surface area contributed by atoms with Gasteiger partial charge in [0.15, 0.2) is 5.13 Å². The zero-order valence-electron chi connectivity index (χ0n) is 11.6. The van der Waals surface area contributed by atoms with Crippen LogP contribution in [0.2, 0.25) is 0 Å². The van der Waals surface area contributed by atoms with E-state index in [4.69, 9.17) is 5.73 Å². The molecule has 102 valence electrons. The molecule has 1 aromatic rings. The van der Waals surface area contributed by atoms with E-state index in [0.717, 1.165) is 18.7 Å². The van der Waals surface area contributed by atoms with Crippen LogP contribution >= 0.6 is 11.3 Å². The van der Waals surface area contributed by atoms with Gasteiger partial charge in [0.05, 0.1) is 5.69 Å². The molecule has 2 heterocycles. The maximum atomic E-state index is 5.65. The number of aromatic nitrogens is 1. The Bertz CT molecular complexity index is 361. The average molecular weight is 267 g/mol. The number of nitrogens with two attached hydrogens (primary N) is 1. The molecule has 2 N–H and O–H groups in total. The maximum Gasteiger partial charge on any atom is 0.180 e. The Morgan fingerprint density at radius 3 is 2.50 bits per heavy atom. The van der Waals surface area contributed by atoms with Gasteiger partial charge in [-0.15, -0.1) is 11.3 Å². The molecule has 3 nitrogen and oxygen atoms in total. The van der Waals surface area contributed by atoms with E-state index < -0.39 is 0 Å². The third kappa shape index (κ3) is 3.23. The minimum Gasteiger partial charge on any atom is -0.375 e. The quantitative estimate of drug-likeness (QED) is 0.891. The predicted molar refractivity (Wildman–Crippen MR) is 78.9 cm³/mol. The Kier molecular flexibility index (Phi) is 4.62. The second-order valence-electron chi connectivity index (χ2n) is 5.48. The summed E-state index contributed by atoms with van der Waals surface area (Å²) in [6, 6.07) is 0. The van der Waals surface area contributed by atoms with Crippen LogP contribution in [0.25, 0.3) is 0 Å². The third-order valence-electron chi connectivity index (χ3n) is 4.67. The molecule has 1 saturated heterocycles. The van der Waals surface area contributed by atoms with Crippen molar-refractivity contribution < 1.29 is 0 Å². The lowest BCUT2D eigenvalue weighted by atomic mass is 9.74. The summed E-state index contributed by atoms with van der Waals surface area (Å²) in [6.07, 6.45) is 6.43. The first-order valence-electron chi connectivity index (χ1n) is 7.10. The van der Waals surface area contributed by atoms with Gasteiger partial charge in [-0.05, 0) is 31.3 Å². The van der Waals surface area contributed by atoms with Gasteiger partial charge in [-0.25, -0.2) is 4.98 Å². The van der Waals surface area contributed by atoms with Gasteiger partial charge in [-0.3, -0.25) is 0 Å². The van der Waals surface area contributed by atoms with E-state index in [1.54, 1.807) is 11.3 Å². The minimum atomic E-state index is 0.627. The summed E-state index contributed by atoms with van der Waals surface area (Å²) >= 11 is 1.55. The largest absolute Gasteiger partial charge is 0.375 e. The highest BCUT2D eigenvalue weighted by Crippen LogP contribution is 2.37. The van der Waals surface area contributed by atoms with Crippen molar-refractivity contribution in [3.05, 3.63) is 11.1 Å². The molecular weight excluding hydrogens is 242 g/mol. The molecule has 2 rings (SSSR count). The SMILES string of the molecule is CCC1(CC)CCN(CCc2csc(N)n2)CC1. The second-order valence-corrected chi connectivity index (χ2v) is 6.37. The number of rotatable bonds is 5. The van der Waals surface area contributed by atoms with E-state index in [-0.39, 0.29) is 0 Å². The number of piperidine rings is 1. The number of nitrogens with zero attached hydrogens (tertiary/aromatic N) is 2. The molecule has 18 heavy (non-hydrogen) atoms. The van der Waals surface area contributed by atoms with Crippen LogP contribution in [0.15, 0.2) is 5.38 Å². The fourth-order valence-corrected chi connectivity index (χ4v) is 3.52. The van der Waals surface area contributed by atoms with Crippen LogP contribution in [0.5, 0.6) is 0 Å². The Labute approximate surface area is 114 Å². The van der Waals surface area contributed by atoms with E-state index in [9.17, 15) is 0 Å².